The lowest BCUT2D eigenvalue weighted by Gasteiger charge is -2.09. The second-order valence-corrected chi connectivity index (χ2v) is 7.34. The zero-order valence-electron chi connectivity index (χ0n) is 14.1. The van der Waals surface area contributed by atoms with Gasteiger partial charge in [-0.3, -0.25) is 4.79 Å². The van der Waals surface area contributed by atoms with Crippen LogP contribution in [0.2, 0.25) is 10.0 Å². The van der Waals surface area contributed by atoms with E-state index >= 15 is 0 Å². The van der Waals surface area contributed by atoms with Gasteiger partial charge in [0.15, 0.2) is 5.78 Å². The Morgan fingerprint density at radius 1 is 1.31 bits per heavy atom. The molecule has 3 rings (SSSR count). The number of halogens is 2. The summed E-state index contributed by atoms with van der Waals surface area (Å²) in [6.07, 6.45) is 0. The summed E-state index contributed by atoms with van der Waals surface area (Å²) in [5, 5.41) is 4.60. The molecule has 0 atom stereocenters. The van der Waals surface area contributed by atoms with Crippen molar-refractivity contribution in [3.63, 3.8) is 0 Å². The number of thiophene rings is 1. The Labute approximate surface area is 164 Å². The van der Waals surface area contributed by atoms with Crippen LogP contribution >= 0.6 is 34.5 Å². The van der Waals surface area contributed by atoms with E-state index in [1.807, 2.05) is 0 Å². The number of rotatable bonds is 6. The molecule has 0 amide bonds. The Balaban J connectivity index is 2.22. The summed E-state index contributed by atoms with van der Waals surface area (Å²) < 4.78 is 5.04. The minimum Gasteiger partial charge on any atom is -0.397 e. The highest BCUT2D eigenvalue weighted by Crippen LogP contribution is 2.40. The van der Waals surface area contributed by atoms with Gasteiger partial charge in [-0.1, -0.05) is 29.3 Å². The van der Waals surface area contributed by atoms with Crippen LogP contribution in [0.3, 0.4) is 0 Å². The molecule has 3 N–H and O–H groups in total. The maximum atomic E-state index is 11.9. The van der Waals surface area contributed by atoms with Crippen molar-refractivity contribution < 1.29 is 9.53 Å². The summed E-state index contributed by atoms with van der Waals surface area (Å²) in [5.41, 5.74) is 7.93. The van der Waals surface area contributed by atoms with E-state index in [0.717, 1.165) is 5.56 Å². The van der Waals surface area contributed by atoms with Gasteiger partial charge in [0.2, 0.25) is 5.95 Å². The van der Waals surface area contributed by atoms with Crippen LogP contribution in [0.4, 0.5) is 11.6 Å². The zero-order chi connectivity index (χ0) is 18.8. The lowest BCUT2D eigenvalue weighted by Crippen LogP contribution is -2.10. The third kappa shape index (κ3) is 3.61. The summed E-state index contributed by atoms with van der Waals surface area (Å²) in [5.74, 6) is 0.312. The Morgan fingerprint density at radius 3 is 2.73 bits per heavy atom. The molecule has 0 saturated carbocycles. The Kier molecular flexibility index (Phi) is 5.62. The molecular formula is C17H16Cl2N4O2S. The van der Waals surface area contributed by atoms with Crippen LogP contribution in [0.15, 0.2) is 18.2 Å². The normalized spacial score (nSPS) is 11.1. The maximum absolute atomic E-state index is 11.9. The molecule has 0 aliphatic heterocycles. The van der Waals surface area contributed by atoms with Crippen LogP contribution in [-0.4, -0.2) is 36.0 Å². The molecule has 2 heterocycles. The number of nitrogens with zero attached hydrogens (tertiary/aromatic N) is 2. The number of anilines is 2. The molecule has 0 fully saturated rings. The minimum atomic E-state index is -0.112. The molecule has 0 saturated heterocycles. The Morgan fingerprint density at radius 2 is 2.08 bits per heavy atom. The van der Waals surface area contributed by atoms with E-state index in [2.05, 4.69) is 15.3 Å². The van der Waals surface area contributed by atoms with Crippen molar-refractivity contribution in [3.8, 4) is 11.3 Å². The topological polar surface area (TPSA) is 90.1 Å². The van der Waals surface area contributed by atoms with E-state index in [4.69, 9.17) is 33.7 Å². The molecule has 26 heavy (non-hydrogen) atoms. The number of ether oxygens (including phenoxy) is 1. The molecule has 2 aromatic heterocycles. The number of aromatic nitrogens is 2. The third-order valence-corrected chi connectivity index (χ3v) is 5.63. The van der Waals surface area contributed by atoms with Crippen molar-refractivity contribution in [3.05, 3.63) is 33.1 Å². The molecule has 0 spiro atoms. The van der Waals surface area contributed by atoms with Gasteiger partial charge in [-0.15, -0.1) is 11.3 Å². The first-order valence-corrected chi connectivity index (χ1v) is 9.28. The second kappa shape index (κ2) is 7.75. The number of Topliss-reactive ketones (excluding diaryl/α,β-unsaturated/α-hetero) is 1. The molecule has 3 aromatic rings. The first kappa shape index (κ1) is 18.8. The summed E-state index contributed by atoms with van der Waals surface area (Å²) in [7, 11) is 1.62. The monoisotopic (exact) mass is 410 g/mol. The number of nitrogens with one attached hydrogen (secondary N) is 1. The van der Waals surface area contributed by atoms with Gasteiger partial charge in [0.25, 0.3) is 0 Å². The number of hydrogen-bond donors (Lipinski definition) is 2. The van der Waals surface area contributed by atoms with E-state index in [9.17, 15) is 4.79 Å². The summed E-state index contributed by atoms with van der Waals surface area (Å²) in [6.45, 7) is 2.53. The van der Waals surface area contributed by atoms with Gasteiger partial charge in [-0.2, -0.15) is 0 Å². The molecule has 136 valence electrons. The molecule has 6 nitrogen and oxygen atoms in total. The highest BCUT2D eigenvalue weighted by molar-refractivity contribution is 7.21. The number of carbonyl (C=O) groups excluding carboxylic acids is 1. The lowest BCUT2D eigenvalue weighted by molar-refractivity contribution is 0.102. The highest BCUT2D eigenvalue weighted by Gasteiger charge is 2.20. The predicted octanol–water partition coefficient (Wildman–Crippen LogP) is 4.51. The van der Waals surface area contributed by atoms with Crippen LogP contribution in [0, 0.1) is 0 Å². The van der Waals surface area contributed by atoms with Crippen LogP contribution in [0.1, 0.15) is 16.6 Å². The largest absolute Gasteiger partial charge is 0.397 e. The first-order chi connectivity index (χ1) is 12.4. The fourth-order valence-electron chi connectivity index (χ4n) is 2.48. The van der Waals surface area contributed by atoms with Gasteiger partial charge in [0.1, 0.15) is 4.83 Å². The molecule has 9 heteroatoms. The average Bonchev–Trinajstić information content (AvgIpc) is 2.94. The van der Waals surface area contributed by atoms with Crippen molar-refractivity contribution in [2.45, 2.75) is 6.92 Å². The molecule has 1 aromatic carbocycles. The van der Waals surface area contributed by atoms with Crippen molar-refractivity contribution in [1.29, 1.82) is 0 Å². The quantitative estimate of drug-likeness (QED) is 0.458. The SMILES string of the molecule is COCCNc1nc(-c2ccc(Cl)c(Cl)c2)c2c(N)c(C(C)=O)sc2n1. The second-order valence-electron chi connectivity index (χ2n) is 5.53. The number of benzene rings is 1. The van der Waals surface area contributed by atoms with Gasteiger partial charge in [-0.05, 0) is 12.1 Å². The predicted molar refractivity (Wildman–Crippen MR) is 108 cm³/mol. The van der Waals surface area contributed by atoms with Gasteiger partial charge in [0, 0.05) is 26.1 Å². The van der Waals surface area contributed by atoms with Crippen molar-refractivity contribution in [1.82, 2.24) is 9.97 Å². The number of methoxy groups -OCH3 is 1. The number of ketones is 1. The van der Waals surface area contributed by atoms with Crippen molar-refractivity contribution >= 4 is 62.2 Å². The smallest absolute Gasteiger partial charge is 0.224 e. The Hall–Kier alpha value is -1.93. The summed E-state index contributed by atoms with van der Waals surface area (Å²) in [4.78, 5) is 22.1. The van der Waals surface area contributed by atoms with Gasteiger partial charge in [0.05, 0.1) is 38.3 Å². The molecular weight excluding hydrogens is 395 g/mol. The first-order valence-electron chi connectivity index (χ1n) is 7.71. The van der Waals surface area contributed by atoms with Crippen molar-refractivity contribution in [2.75, 3.05) is 31.3 Å². The van der Waals surface area contributed by atoms with E-state index in [0.29, 0.717) is 55.6 Å². The lowest BCUT2D eigenvalue weighted by atomic mass is 10.1. The number of carbonyl (C=O) groups is 1. The number of nitrogen functional groups attached to an aromatic ring is 1. The average molecular weight is 411 g/mol. The minimum absolute atomic E-state index is 0.112. The van der Waals surface area contributed by atoms with E-state index in [1.54, 1.807) is 25.3 Å². The van der Waals surface area contributed by atoms with Gasteiger partial charge >= 0.3 is 0 Å². The van der Waals surface area contributed by atoms with Crippen molar-refractivity contribution in [2.24, 2.45) is 0 Å². The number of nitrogens with two attached hydrogens (primary N) is 1. The number of fused-ring (bicyclic) bond motifs is 1. The molecule has 0 unspecified atom stereocenters. The van der Waals surface area contributed by atoms with E-state index < -0.39 is 0 Å². The fraction of sp³-hybridized carbons (Fsp3) is 0.235. The summed E-state index contributed by atoms with van der Waals surface area (Å²) >= 11 is 13.4. The standard InChI is InChI=1S/C17H16Cl2N4O2S/c1-8(24)15-13(20)12-14(9-3-4-10(18)11(19)7-9)22-17(21-5-6-25-2)23-16(12)26-15/h3-4,7H,5-6,20H2,1-2H3,(H,21,22,23). The van der Waals surface area contributed by atoms with Gasteiger partial charge in [-0.25, -0.2) is 9.97 Å². The maximum Gasteiger partial charge on any atom is 0.224 e. The fourth-order valence-corrected chi connectivity index (χ4v) is 3.77. The Bertz CT molecular complexity index is 991. The van der Waals surface area contributed by atoms with Gasteiger partial charge < -0.3 is 15.8 Å². The molecule has 0 aliphatic carbocycles. The van der Waals surface area contributed by atoms with Crippen LogP contribution in [-0.2, 0) is 4.74 Å². The van der Waals surface area contributed by atoms with E-state index in [-0.39, 0.29) is 5.78 Å². The number of hydrogen-bond acceptors (Lipinski definition) is 7. The molecule has 0 aliphatic rings. The van der Waals surface area contributed by atoms with Crippen LogP contribution in [0.25, 0.3) is 21.5 Å². The van der Waals surface area contributed by atoms with Crippen LogP contribution in [0.5, 0.6) is 0 Å². The van der Waals surface area contributed by atoms with E-state index in [1.165, 1.54) is 18.3 Å². The third-order valence-electron chi connectivity index (χ3n) is 3.69. The molecule has 0 bridgehead atoms. The zero-order valence-corrected chi connectivity index (χ0v) is 16.4. The molecule has 0 radical (unpaired) electrons. The highest BCUT2D eigenvalue weighted by atomic mass is 35.5. The van der Waals surface area contributed by atoms with Crippen LogP contribution < -0.4 is 11.1 Å². The summed E-state index contributed by atoms with van der Waals surface area (Å²) in [6, 6.07) is 5.22.